The molecule has 29 heavy (non-hydrogen) atoms. The molecule has 0 aliphatic heterocycles. The first-order chi connectivity index (χ1) is 13.8. The monoisotopic (exact) mass is 453 g/mol. The lowest BCUT2D eigenvalue weighted by Gasteiger charge is -2.13. The van der Waals surface area contributed by atoms with E-state index in [9.17, 15) is 9.59 Å². The van der Waals surface area contributed by atoms with E-state index in [1.807, 2.05) is 0 Å². The molecule has 0 fully saturated rings. The molecule has 0 radical (unpaired) electrons. The van der Waals surface area contributed by atoms with Gasteiger partial charge in [-0.15, -0.1) is 0 Å². The molecule has 2 aromatic carbocycles. The first-order valence-electron chi connectivity index (χ1n) is 8.76. The van der Waals surface area contributed by atoms with E-state index < -0.39 is 0 Å². The van der Waals surface area contributed by atoms with Crippen LogP contribution in [-0.2, 0) is 4.79 Å². The van der Waals surface area contributed by atoms with Gasteiger partial charge in [0, 0.05) is 36.8 Å². The molecule has 0 aliphatic carbocycles. The third kappa shape index (κ3) is 7.53. The summed E-state index contributed by atoms with van der Waals surface area (Å²) in [6, 6.07) is 11.8. The summed E-state index contributed by atoms with van der Waals surface area (Å²) in [6.07, 6.45) is 0.715. The molecular formula is C20H21Cl2N3O3S. The molecular weight excluding hydrogens is 433 g/mol. The lowest BCUT2D eigenvalue weighted by atomic mass is 10.2. The highest BCUT2D eigenvalue weighted by Gasteiger charge is 2.10. The van der Waals surface area contributed by atoms with Crippen LogP contribution >= 0.6 is 35.4 Å². The molecule has 0 saturated carbocycles. The van der Waals surface area contributed by atoms with Crippen LogP contribution in [0.25, 0.3) is 0 Å². The van der Waals surface area contributed by atoms with Gasteiger partial charge in [-0.2, -0.15) is 0 Å². The van der Waals surface area contributed by atoms with Crippen LogP contribution in [0, 0.1) is 0 Å². The van der Waals surface area contributed by atoms with E-state index in [1.165, 1.54) is 4.90 Å². The van der Waals surface area contributed by atoms with Gasteiger partial charge >= 0.3 is 0 Å². The molecule has 0 bridgehead atoms. The zero-order valence-electron chi connectivity index (χ0n) is 16.0. The van der Waals surface area contributed by atoms with Gasteiger partial charge in [-0.1, -0.05) is 29.3 Å². The lowest BCUT2D eigenvalue weighted by molar-refractivity contribution is -0.119. The van der Waals surface area contributed by atoms with Crippen LogP contribution in [-0.4, -0.2) is 42.5 Å². The summed E-state index contributed by atoms with van der Waals surface area (Å²) in [7, 11) is 3.36. The Hall–Kier alpha value is -2.35. The molecule has 0 spiro atoms. The largest absolute Gasteiger partial charge is 0.492 e. The Kier molecular flexibility index (Phi) is 8.70. The van der Waals surface area contributed by atoms with Crippen LogP contribution in [0.15, 0.2) is 42.5 Å². The Balaban J connectivity index is 1.75. The van der Waals surface area contributed by atoms with Crippen molar-refractivity contribution in [1.29, 1.82) is 0 Å². The van der Waals surface area contributed by atoms with Gasteiger partial charge < -0.3 is 20.3 Å². The average molecular weight is 454 g/mol. The van der Waals surface area contributed by atoms with E-state index in [2.05, 4.69) is 10.6 Å². The number of carbonyl (C=O) groups excluding carboxylic acids is 2. The summed E-state index contributed by atoms with van der Waals surface area (Å²) < 4.78 is 5.54. The maximum absolute atomic E-state index is 12.0. The van der Waals surface area contributed by atoms with Gasteiger partial charge in [-0.05, 0) is 55.0 Å². The molecule has 0 aromatic heterocycles. The third-order valence-electron chi connectivity index (χ3n) is 3.73. The fourth-order valence-corrected chi connectivity index (χ4v) is 3.04. The second kappa shape index (κ2) is 11.0. The van der Waals surface area contributed by atoms with Crippen LogP contribution in [0.4, 0.5) is 5.69 Å². The highest BCUT2D eigenvalue weighted by atomic mass is 35.5. The molecule has 2 amide bonds. The van der Waals surface area contributed by atoms with Crippen LogP contribution in [0.5, 0.6) is 5.75 Å². The Morgan fingerprint density at radius 2 is 1.90 bits per heavy atom. The SMILES string of the molecule is CN(C)C(=O)c1cccc(NC(=S)NC(=O)CCCOc2ccc(Cl)cc2Cl)c1. The van der Waals surface area contributed by atoms with Gasteiger partial charge in [0.05, 0.1) is 11.6 Å². The summed E-state index contributed by atoms with van der Waals surface area (Å²) in [4.78, 5) is 25.5. The second-order valence-electron chi connectivity index (χ2n) is 6.31. The van der Waals surface area contributed by atoms with Crippen molar-refractivity contribution in [2.45, 2.75) is 12.8 Å². The number of nitrogens with one attached hydrogen (secondary N) is 2. The molecule has 2 rings (SSSR count). The van der Waals surface area contributed by atoms with Crippen molar-refractivity contribution in [3.63, 3.8) is 0 Å². The van der Waals surface area contributed by atoms with E-state index in [0.29, 0.717) is 40.1 Å². The number of nitrogens with zero attached hydrogens (tertiary/aromatic N) is 1. The van der Waals surface area contributed by atoms with Crippen LogP contribution in [0.3, 0.4) is 0 Å². The number of thiocarbonyl (C=S) groups is 1. The smallest absolute Gasteiger partial charge is 0.253 e. The van der Waals surface area contributed by atoms with Crippen molar-refractivity contribution in [3.05, 3.63) is 58.1 Å². The Bertz CT molecular complexity index is 906. The van der Waals surface area contributed by atoms with E-state index >= 15 is 0 Å². The number of rotatable bonds is 7. The molecule has 0 aliphatic rings. The number of hydrogen-bond acceptors (Lipinski definition) is 4. The van der Waals surface area contributed by atoms with Crippen LogP contribution in [0.2, 0.25) is 10.0 Å². The van der Waals surface area contributed by atoms with Gasteiger partial charge in [-0.3, -0.25) is 9.59 Å². The second-order valence-corrected chi connectivity index (χ2v) is 7.56. The first-order valence-corrected chi connectivity index (χ1v) is 9.93. The van der Waals surface area contributed by atoms with Gasteiger partial charge in [-0.25, -0.2) is 0 Å². The van der Waals surface area contributed by atoms with Crippen molar-refractivity contribution >= 4 is 58.0 Å². The van der Waals surface area contributed by atoms with Crippen molar-refractivity contribution in [2.24, 2.45) is 0 Å². The molecule has 0 heterocycles. The molecule has 6 nitrogen and oxygen atoms in total. The molecule has 154 valence electrons. The average Bonchev–Trinajstić information content (AvgIpc) is 2.66. The molecule has 2 aromatic rings. The Morgan fingerprint density at radius 1 is 1.14 bits per heavy atom. The quantitative estimate of drug-likeness (QED) is 0.481. The van der Waals surface area contributed by atoms with E-state index in [1.54, 1.807) is 56.6 Å². The summed E-state index contributed by atoms with van der Waals surface area (Å²) in [5, 5.41) is 6.61. The summed E-state index contributed by atoms with van der Waals surface area (Å²) in [5.74, 6) is 0.152. The third-order valence-corrected chi connectivity index (χ3v) is 4.46. The molecule has 2 N–H and O–H groups in total. The summed E-state index contributed by atoms with van der Waals surface area (Å²) >= 11 is 17.0. The number of carbonyl (C=O) groups is 2. The molecule has 0 atom stereocenters. The topological polar surface area (TPSA) is 70.7 Å². The predicted molar refractivity (Wildman–Crippen MR) is 120 cm³/mol. The van der Waals surface area contributed by atoms with Gasteiger partial charge in [0.1, 0.15) is 5.75 Å². The number of hydrogen-bond donors (Lipinski definition) is 2. The van der Waals surface area contributed by atoms with Crippen LogP contribution < -0.4 is 15.4 Å². The lowest BCUT2D eigenvalue weighted by Crippen LogP contribution is -2.34. The van der Waals surface area contributed by atoms with E-state index in [0.717, 1.165) is 0 Å². The molecule has 0 unspecified atom stereocenters. The number of ether oxygens (including phenoxy) is 1. The molecule has 0 saturated heterocycles. The van der Waals surface area contributed by atoms with Crippen molar-refractivity contribution < 1.29 is 14.3 Å². The minimum Gasteiger partial charge on any atom is -0.492 e. The normalized spacial score (nSPS) is 10.2. The maximum Gasteiger partial charge on any atom is 0.253 e. The number of halogens is 2. The maximum atomic E-state index is 12.0. The number of benzene rings is 2. The number of anilines is 1. The van der Waals surface area contributed by atoms with E-state index in [-0.39, 0.29) is 23.3 Å². The van der Waals surface area contributed by atoms with E-state index in [4.69, 9.17) is 40.2 Å². The highest BCUT2D eigenvalue weighted by Crippen LogP contribution is 2.27. The fraction of sp³-hybridized carbons (Fsp3) is 0.250. The minimum absolute atomic E-state index is 0.121. The highest BCUT2D eigenvalue weighted by molar-refractivity contribution is 7.80. The molecule has 9 heteroatoms. The predicted octanol–water partition coefficient (Wildman–Crippen LogP) is 4.37. The van der Waals surface area contributed by atoms with Gasteiger partial charge in [0.25, 0.3) is 5.91 Å². The van der Waals surface area contributed by atoms with Crippen molar-refractivity contribution in [3.8, 4) is 5.75 Å². The zero-order chi connectivity index (χ0) is 21.4. The Morgan fingerprint density at radius 3 is 2.59 bits per heavy atom. The van der Waals surface area contributed by atoms with Crippen molar-refractivity contribution in [1.82, 2.24) is 10.2 Å². The zero-order valence-corrected chi connectivity index (χ0v) is 18.3. The fourth-order valence-electron chi connectivity index (χ4n) is 2.35. The first kappa shape index (κ1) is 22.9. The minimum atomic E-state index is -0.242. The summed E-state index contributed by atoms with van der Waals surface area (Å²) in [5.41, 5.74) is 1.14. The Labute approximate surface area is 185 Å². The van der Waals surface area contributed by atoms with Crippen molar-refractivity contribution in [2.75, 3.05) is 26.0 Å². The van der Waals surface area contributed by atoms with Gasteiger partial charge in [0.2, 0.25) is 5.91 Å². The number of amides is 2. The van der Waals surface area contributed by atoms with Crippen LogP contribution in [0.1, 0.15) is 23.2 Å². The summed E-state index contributed by atoms with van der Waals surface area (Å²) in [6.45, 7) is 0.323. The van der Waals surface area contributed by atoms with Gasteiger partial charge in [0.15, 0.2) is 5.11 Å². The standard InChI is InChI=1S/C20H21Cl2N3O3S/c1-25(2)19(27)13-5-3-6-15(11-13)23-20(29)24-18(26)7-4-10-28-17-9-8-14(21)12-16(17)22/h3,5-6,8-9,11-12H,4,7,10H2,1-2H3,(H2,23,24,26,29).